The molecule has 0 radical (unpaired) electrons. The van der Waals surface area contributed by atoms with Crippen LogP contribution in [0.25, 0.3) is 0 Å². The molecule has 1 aliphatic heterocycles. The van der Waals surface area contributed by atoms with Crippen LogP contribution in [0.5, 0.6) is 0 Å². The number of carbonyl (C=O) groups is 1. The van der Waals surface area contributed by atoms with Crippen molar-refractivity contribution in [3.63, 3.8) is 0 Å². The van der Waals surface area contributed by atoms with Gasteiger partial charge in [0.25, 0.3) is 0 Å². The number of hydrogen-bond donors (Lipinski definition) is 1. The van der Waals surface area contributed by atoms with E-state index < -0.39 is 18.0 Å². The van der Waals surface area contributed by atoms with E-state index >= 15 is 0 Å². The van der Waals surface area contributed by atoms with E-state index in [0.29, 0.717) is 18.9 Å². The van der Waals surface area contributed by atoms with Gasteiger partial charge in [-0.1, -0.05) is 0 Å². The maximum Gasteiger partial charge on any atom is 0.309 e. The molecule has 0 spiro atoms. The maximum absolute atomic E-state index is 10.9. The van der Waals surface area contributed by atoms with Crippen LogP contribution < -0.4 is 0 Å². The zero-order valence-corrected chi connectivity index (χ0v) is 7.88. The zero-order chi connectivity index (χ0) is 10.1. The minimum Gasteiger partial charge on any atom is -0.481 e. The molecule has 2 unspecified atom stereocenters. The first kappa shape index (κ1) is 9.21. The molecule has 0 bridgehead atoms. The van der Waals surface area contributed by atoms with Crippen LogP contribution >= 0.6 is 0 Å². The van der Waals surface area contributed by atoms with Gasteiger partial charge in [-0.15, -0.1) is 0 Å². The standard InChI is InChI=1S/C9H12N2O3/c1-11-4-3-10-8(11)7-6(9(12)13)2-5-14-7/h3-4,6-7H,2,5H2,1H3,(H,12,13). The third kappa shape index (κ3) is 1.39. The van der Waals surface area contributed by atoms with Crippen molar-refractivity contribution in [2.75, 3.05) is 6.61 Å². The van der Waals surface area contributed by atoms with E-state index in [1.54, 1.807) is 17.0 Å². The fourth-order valence-electron chi connectivity index (χ4n) is 1.75. The number of carboxylic acid groups (broad SMARTS) is 1. The Morgan fingerprint density at radius 1 is 1.79 bits per heavy atom. The summed E-state index contributed by atoms with van der Waals surface area (Å²) in [5.74, 6) is -0.582. The number of hydrogen-bond acceptors (Lipinski definition) is 3. The highest BCUT2D eigenvalue weighted by Crippen LogP contribution is 2.33. The minimum atomic E-state index is -0.810. The Labute approximate surface area is 81.3 Å². The molecule has 2 atom stereocenters. The summed E-state index contributed by atoms with van der Waals surface area (Å²) in [5.41, 5.74) is 0. The highest BCUT2D eigenvalue weighted by molar-refractivity contribution is 5.71. The minimum absolute atomic E-state index is 0.396. The van der Waals surface area contributed by atoms with Gasteiger partial charge in [0.1, 0.15) is 11.9 Å². The number of rotatable bonds is 2. The zero-order valence-electron chi connectivity index (χ0n) is 7.88. The number of nitrogens with zero attached hydrogens (tertiary/aromatic N) is 2. The Morgan fingerprint density at radius 3 is 3.14 bits per heavy atom. The Bertz CT molecular complexity index is 348. The first-order valence-corrected chi connectivity index (χ1v) is 4.52. The molecular formula is C9H12N2O3. The van der Waals surface area contributed by atoms with Crippen molar-refractivity contribution >= 4 is 5.97 Å². The molecule has 2 rings (SSSR count). The largest absolute Gasteiger partial charge is 0.481 e. The average molecular weight is 196 g/mol. The number of carboxylic acids is 1. The third-order valence-corrected chi connectivity index (χ3v) is 2.52. The second kappa shape index (κ2) is 3.42. The molecule has 14 heavy (non-hydrogen) atoms. The highest BCUT2D eigenvalue weighted by Gasteiger charge is 2.37. The van der Waals surface area contributed by atoms with Gasteiger partial charge in [0.15, 0.2) is 0 Å². The van der Waals surface area contributed by atoms with Crippen molar-refractivity contribution < 1.29 is 14.6 Å². The summed E-state index contributed by atoms with van der Waals surface area (Å²) in [4.78, 5) is 15.0. The van der Waals surface area contributed by atoms with Gasteiger partial charge in [-0.05, 0) is 6.42 Å². The van der Waals surface area contributed by atoms with Crippen molar-refractivity contribution in [1.29, 1.82) is 0 Å². The molecule has 76 valence electrons. The Hall–Kier alpha value is -1.36. The lowest BCUT2D eigenvalue weighted by molar-refractivity contribution is -0.143. The molecule has 5 heteroatoms. The summed E-state index contributed by atoms with van der Waals surface area (Å²) in [6, 6.07) is 0. The molecule has 0 aromatic carbocycles. The fourth-order valence-corrected chi connectivity index (χ4v) is 1.75. The SMILES string of the molecule is Cn1ccnc1C1OCCC1C(=O)O. The summed E-state index contributed by atoms with van der Waals surface area (Å²) in [6.45, 7) is 0.495. The molecule has 1 fully saturated rings. The van der Waals surface area contributed by atoms with Crippen molar-refractivity contribution in [3.8, 4) is 0 Å². The van der Waals surface area contributed by atoms with Crippen LogP contribution in [0, 0.1) is 5.92 Å². The van der Waals surface area contributed by atoms with E-state index in [9.17, 15) is 4.79 Å². The van der Waals surface area contributed by atoms with Crippen LogP contribution in [0.1, 0.15) is 18.3 Å². The number of imidazole rings is 1. The monoisotopic (exact) mass is 196 g/mol. The van der Waals surface area contributed by atoms with E-state index in [0.717, 1.165) is 0 Å². The van der Waals surface area contributed by atoms with E-state index in [1.807, 2.05) is 7.05 Å². The van der Waals surface area contributed by atoms with E-state index in [2.05, 4.69) is 4.98 Å². The number of aliphatic carboxylic acids is 1. The van der Waals surface area contributed by atoms with E-state index in [1.165, 1.54) is 0 Å². The topological polar surface area (TPSA) is 64.4 Å². The Morgan fingerprint density at radius 2 is 2.57 bits per heavy atom. The first-order chi connectivity index (χ1) is 6.70. The van der Waals surface area contributed by atoms with Crippen molar-refractivity contribution in [3.05, 3.63) is 18.2 Å². The van der Waals surface area contributed by atoms with Crippen LogP contribution in [0.2, 0.25) is 0 Å². The van der Waals surface area contributed by atoms with Crippen LogP contribution in [-0.2, 0) is 16.6 Å². The van der Waals surface area contributed by atoms with Gasteiger partial charge in [0, 0.05) is 26.0 Å². The van der Waals surface area contributed by atoms with Crippen molar-refractivity contribution in [2.45, 2.75) is 12.5 Å². The predicted molar refractivity (Wildman–Crippen MR) is 47.6 cm³/mol. The molecule has 1 aromatic heterocycles. The quantitative estimate of drug-likeness (QED) is 0.751. The van der Waals surface area contributed by atoms with Gasteiger partial charge in [0.05, 0.1) is 5.92 Å². The summed E-state index contributed by atoms with van der Waals surface area (Å²) in [5, 5.41) is 8.96. The molecular weight excluding hydrogens is 184 g/mol. The van der Waals surface area contributed by atoms with Crippen molar-refractivity contribution in [1.82, 2.24) is 9.55 Å². The number of aromatic nitrogens is 2. The number of ether oxygens (including phenoxy) is 1. The normalized spacial score (nSPS) is 26.6. The molecule has 1 aromatic rings. The average Bonchev–Trinajstić information content (AvgIpc) is 2.70. The smallest absolute Gasteiger partial charge is 0.309 e. The Balaban J connectivity index is 2.26. The molecule has 2 heterocycles. The molecule has 5 nitrogen and oxygen atoms in total. The molecule has 0 amide bonds. The fraction of sp³-hybridized carbons (Fsp3) is 0.556. The van der Waals surface area contributed by atoms with E-state index in [-0.39, 0.29) is 0 Å². The second-order valence-corrected chi connectivity index (χ2v) is 3.42. The highest BCUT2D eigenvalue weighted by atomic mass is 16.5. The number of aryl methyl sites for hydroxylation is 1. The summed E-state index contributed by atoms with van der Waals surface area (Å²) in [6.07, 6.45) is 3.60. The molecule has 0 aliphatic carbocycles. The van der Waals surface area contributed by atoms with Crippen molar-refractivity contribution in [2.24, 2.45) is 13.0 Å². The lowest BCUT2D eigenvalue weighted by atomic mass is 10.0. The Kier molecular flexibility index (Phi) is 2.25. The van der Waals surface area contributed by atoms with Gasteiger partial charge < -0.3 is 14.4 Å². The van der Waals surface area contributed by atoms with Crippen LogP contribution in [0.15, 0.2) is 12.4 Å². The molecule has 1 saturated heterocycles. The van der Waals surface area contributed by atoms with Crippen LogP contribution in [-0.4, -0.2) is 27.2 Å². The summed E-state index contributed by atoms with van der Waals surface area (Å²) in [7, 11) is 1.84. The third-order valence-electron chi connectivity index (χ3n) is 2.52. The summed E-state index contributed by atoms with van der Waals surface area (Å²) < 4.78 is 7.19. The molecule has 0 saturated carbocycles. The van der Waals surface area contributed by atoms with Gasteiger partial charge in [-0.2, -0.15) is 0 Å². The van der Waals surface area contributed by atoms with Gasteiger partial charge >= 0.3 is 5.97 Å². The van der Waals surface area contributed by atoms with E-state index in [4.69, 9.17) is 9.84 Å². The van der Waals surface area contributed by atoms with Crippen LogP contribution in [0.3, 0.4) is 0 Å². The van der Waals surface area contributed by atoms with Gasteiger partial charge in [-0.3, -0.25) is 4.79 Å². The first-order valence-electron chi connectivity index (χ1n) is 4.52. The lowest BCUT2D eigenvalue weighted by Gasteiger charge is -2.14. The molecule has 1 aliphatic rings. The molecule has 1 N–H and O–H groups in total. The maximum atomic E-state index is 10.9. The second-order valence-electron chi connectivity index (χ2n) is 3.42. The van der Waals surface area contributed by atoms with Gasteiger partial charge in [0.2, 0.25) is 0 Å². The van der Waals surface area contributed by atoms with Crippen LogP contribution in [0.4, 0.5) is 0 Å². The summed E-state index contributed by atoms with van der Waals surface area (Å²) >= 11 is 0. The van der Waals surface area contributed by atoms with Gasteiger partial charge in [-0.25, -0.2) is 4.98 Å². The predicted octanol–water partition coefficient (Wildman–Crippen LogP) is 0.582. The lowest BCUT2D eigenvalue weighted by Crippen LogP contribution is -2.20.